The van der Waals surface area contributed by atoms with Crippen LogP contribution in [0.4, 0.5) is 0 Å². The Morgan fingerprint density at radius 2 is 2.37 bits per heavy atom. The highest BCUT2D eigenvalue weighted by Gasteiger charge is 2.35. The zero-order chi connectivity index (χ0) is 13.2. The molecule has 0 aliphatic carbocycles. The molecule has 1 aliphatic heterocycles. The van der Waals surface area contributed by atoms with E-state index >= 15 is 0 Å². The number of hydrogen-bond donors (Lipinski definition) is 0. The van der Waals surface area contributed by atoms with E-state index in [0.717, 1.165) is 31.1 Å². The van der Waals surface area contributed by atoms with Gasteiger partial charge in [-0.25, -0.2) is 0 Å². The van der Waals surface area contributed by atoms with E-state index in [4.69, 9.17) is 9.15 Å². The fraction of sp³-hybridized carbons (Fsp3) is 0.538. The van der Waals surface area contributed by atoms with E-state index in [1.165, 1.54) is 0 Å². The Bertz CT molecular complexity index is 522. The van der Waals surface area contributed by atoms with E-state index in [2.05, 4.69) is 15.2 Å². The number of hydrogen-bond acceptors (Lipinski definition) is 5. The summed E-state index contributed by atoms with van der Waals surface area (Å²) in [6, 6.07) is 3.91. The second kappa shape index (κ2) is 5.14. The van der Waals surface area contributed by atoms with E-state index in [0.29, 0.717) is 0 Å². The molecule has 2 aromatic rings. The van der Waals surface area contributed by atoms with Crippen molar-refractivity contribution >= 4 is 0 Å². The lowest BCUT2D eigenvalue weighted by atomic mass is 10.0. The van der Waals surface area contributed by atoms with Gasteiger partial charge in [-0.15, -0.1) is 5.10 Å². The average molecular weight is 262 g/mol. The molecule has 0 bridgehead atoms. The van der Waals surface area contributed by atoms with Crippen LogP contribution in [0.1, 0.15) is 17.4 Å². The number of ether oxygens (including phenoxy) is 1. The maximum Gasteiger partial charge on any atom is 0.117 e. The van der Waals surface area contributed by atoms with Crippen LogP contribution in [0.2, 0.25) is 0 Å². The fourth-order valence-electron chi connectivity index (χ4n) is 2.66. The number of methoxy groups -OCH3 is 1. The number of rotatable bonds is 4. The molecule has 102 valence electrons. The Kier molecular flexibility index (Phi) is 3.35. The van der Waals surface area contributed by atoms with Gasteiger partial charge in [0, 0.05) is 39.4 Å². The molecule has 6 nitrogen and oxygen atoms in total. The van der Waals surface area contributed by atoms with Gasteiger partial charge in [-0.2, -0.15) is 0 Å². The second-order valence-electron chi connectivity index (χ2n) is 4.97. The van der Waals surface area contributed by atoms with Crippen LogP contribution < -0.4 is 0 Å². The highest BCUT2D eigenvalue weighted by atomic mass is 16.5. The van der Waals surface area contributed by atoms with Crippen molar-refractivity contribution in [2.75, 3.05) is 20.2 Å². The van der Waals surface area contributed by atoms with Gasteiger partial charge in [-0.3, -0.25) is 9.58 Å². The number of furan rings is 1. The summed E-state index contributed by atoms with van der Waals surface area (Å²) in [6.07, 6.45) is 3.83. The topological polar surface area (TPSA) is 56.3 Å². The van der Waals surface area contributed by atoms with Gasteiger partial charge in [0.2, 0.25) is 0 Å². The summed E-state index contributed by atoms with van der Waals surface area (Å²) >= 11 is 0. The molecule has 0 spiro atoms. The molecular weight excluding hydrogens is 244 g/mol. The molecule has 1 saturated heterocycles. The van der Waals surface area contributed by atoms with Crippen LogP contribution in [0, 0.1) is 0 Å². The zero-order valence-electron chi connectivity index (χ0n) is 11.2. The Morgan fingerprint density at radius 3 is 3.00 bits per heavy atom. The van der Waals surface area contributed by atoms with Crippen molar-refractivity contribution < 1.29 is 9.15 Å². The minimum Gasteiger partial charge on any atom is -0.468 e. The van der Waals surface area contributed by atoms with Gasteiger partial charge >= 0.3 is 0 Å². The molecule has 2 aromatic heterocycles. The minimum atomic E-state index is 0.159. The van der Waals surface area contributed by atoms with Crippen LogP contribution in [0.3, 0.4) is 0 Å². The van der Waals surface area contributed by atoms with E-state index in [1.807, 2.05) is 25.4 Å². The van der Waals surface area contributed by atoms with Crippen LogP contribution in [-0.4, -0.2) is 46.2 Å². The molecule has 6 heteroatoms. The van der Waals surface area contributed by atoms with Crippen molar-refractivity contribution in [1.82, 2.24) is 19.9 Å². The van der Waals surface area contributed by atoms with E-state index in [1.54, 1.807) is 18.1 Å². The SMILES string of the molecule is CO[C@@H]1CN(Cc2ccco2)C[C@H]1c1cn(C)nn1. The first-order chi connectivity index (χ1) is 9.26. The lowest BCUT2D eigenvalue weighted by molar-refractivity contribution is 0.0950. The maximum absolute atomic E-state index is 5.59. The smallest absolute Gasteiger partial charge is 0.117 e. The molecule has 1 fully saturated rings. The predicted molar refractivity (Wildman–Crippen MR) is 68.5 cm³/mol. The van der Waals surface area contributed by atoms with E-state index < -0.39 is 0 Å². The summed E-state index contributed by atoms with van der Waals surface area (Å²) in [7, 11) is 3.64. The first kappa shape index (κ1) is 12.4. The summed E-state index contributed by atoms with van der Waals surface area (Å²) in [5.41, 5.74) is 0.997. The van der Waals surface area contributed by atoms with Gasteiger partial charge in [-0.1, -0.05) is 5.21 Å². The monoisotopic (exact) mass is 262 g/mol. The molecule has 3 rings (SSSR count). The van der Waals surface area contributed by atoms with Crippen molar-refractivity contribution in [2.24, 2.45) is 7.05 Å². The van der Waals surface area contributed by atoms with E-state index in [-0.39, 0.29) is 12.0 Å². The molecule has 0 saturated carbocycles. The van der Waals surface area contributed by atoms with Crippen LogP contribution in [0.15, 0.2) is 29.0 Å². The predicted octanol–water partition coefficient (Wildman–Crippen LogP) is 1.02. The van der Waals surface area contributed by atoms with Gasteiger partial charge in [0.15, 0.2) is 0 Å². The van der Waals surface area contributed by atoms with Crippen molar-refractivity contribution in [3.63, 3.8) is 0 Å². The summed E-state index contributed by atoms with van der Waals surface area (Å²) in [6.45, 7) is 2.61. The normalized spacial score (nSPS) is 24.1. The average Bonchev–Trinajstić information content (AvgIpc) is 3.10. The molecule has 19 heavy (non-hydrogen) atoms. The van der Waals surface area contributed by atoms with Gasteiger partial charge in [-0.05, 0) is 12.1 Å². The highest BCUT2D eigenvalue weighted by molar-refractivity contribution is 5.11. The summed E-state index contributed by atoms with van der Waals surface area (Å²) in [4.78, 5) is 2.33. The largest absolute Gasteiger partial charge is 0.468 e. The number of nitrogens with zero attached hydrogens (tertiary/aromatic N) is 4. The summed E-state index contributed by atoms with van der Waals surface area (Å²) in [5, 5.41) is 8.22. The Labute approximate surface area is 112 Å². The first-order valence-electron chi connectivity index (χ1n) is 6.40. The molecule has 3 heterocycles. The lowest BCUT2D eigenvalue weighted by Gasteiger charge is -2.13. The maximum atomic E-state index is 5.59. The van der Waals surface area contributed by atoms with Crippen LogP contribution in [0.5, 0.6) is 0 Å². The quantitative estimate of drug-likeness (QED) is 0.823. The molecule has 0 radical (unpaired) electrons. The van der Waals surface area contributed by atoms with Crippen molar-refractivity contribution in [1.29, 1.82) is 0 Å². The lowest BCUT2D eigenvalue weighted by Crippen LogP contribution is -2.22. The van der Waals surface area contributed by atoms with Gasteiger partial charge < -0.3 is 9.15 Å². The summed E-state index contributed by atoms with van der Waals surface area (Å²) in [5.74, 6) is 1.25. The summed E-state index contributed by atoms with van der Waals surface area (Å²) < 4.78 is 12.7. The van der Waals surface area contributed by atoms with Crippen LogP contribution in [-0.2, 0) is 18.3 Å². The van der Waals surface area contributed by atoms with Crippen molar-refractivity contribution in [3.8, 4) is 0 Å². The van der Waals surface area contributed by atoms with Crippen molar-refractivity contribution in [3.05, 3.63) is 36.0 Å². The molecule has 0 aromatic carbocycles. The Hall–Kier alpha value is -1.66. The fourth-order valence-corrected chi connectivity index (χ4v) is 2.66. The highest BCUT2D eigenvalue weighted by Crippen LogP contribution is 2.29. The standard InChI is InChI=1S/C13H18N4O2/c1-16-8-12(14-15-16)11-7-17(9-13(11)18-2)6-10-4-3-5-19-10/h3-5,8,11,13H,6-7,9H2,1-2H3/t11-,13+/m0/s1. The zero-order valence-corrected chi connectivity index (χ0v) is 11.2. The molecule has 0 amide bonds. The number of aryl methyl sites for hydroxylation is 1. The van der Waals surface area contributed by atoms with Gasteiger partial charge in [0.1, 0.15) is 5.76 Å². The third kappa shape index (κ3) is 2.54. The van der Waals surface area contributed by atoms with Gasteiger partial charge in [0.05, 0.1) is 24.6 Å². The van der Waals surface area contributed by atoms with E-state index in [9.17, 15) is 0 Å². The third-order valence-corrected chi connectivity index (χ3v) is 3.60. The molecule has 0 N–H and O–H groups in total. The van der Waals surface area contributed by atoms with Crippen molar-refractivity contribution in [2.45, 2.75) is 18.6 Å². The van der Waals surface area contributed by atoms with Crippen LogP contribution >= 0.6 is 0 Å². The minimum absolute atomic E-state index is 0.159. The third-order valence-electron chi connectivity index (χ3n) is 3.60. The van der Waals surface area contributed by atoms with Crippen LogP contribution in [0.25, 0.3) is 0 Å². The van der Waals surface area contributed by atoms with Gasteiger partial charge in [0.25, 0.3) is 0 Å². The Balaban J connectivity index is 1.71. The molecule has 2 atom stereocenters. The first-order valence-corrected chi connectivity index (χ1v) is 6.40. The molecular formula is C13H18N4O2. The molecule has 1 aliphatic rings. The molecule has 0 unspecified atom stereocenters. The number of likely N-dealkylation sites (tertiary alicyclic amines) is 1. The number of aromatic nitrogens is 3. The Morgan fingerprint density at radius 1 is 1.47 bits per heavy atom. The second-order valence-corrected chi connectivity index (χ2v) is 4.97.